The molecule has 0 atom stereocenters. The number of hydrogen-bond donors (Lipinski definition) is 1. The van der Waals surface area contributed by atoms with Gasteiger partial charge in [0.15, 0.2) is 0 Å². The summed E-state index contributed by atoms with van der Waals surface area (Å²) in [4.78, 5) is -0.178. The highest BCUT2D eigenvalue weighted by molar-refractivity contribution is 7.85. The van der Waals surface area contributed by atoms with E-state index in [0.717, 1.165) is 11.1 Å². The van der Waals surface area contributed by atoms with Crippen LogP contribution in [0.3, 0.4) is 0 Å². The predicted octanol–water partition coefficient (Wildman–Crippen LogP) is 1.18. The van der Waals surface area contributed by atoms with Crippen LogP contribution in [0.25, 0.3) is 0 Å². The standard InChI is InChI=1S/C9H9N.C7H8O3S/c10-8-4-7-9-5-2-1-3-6-9;1-6-2-4-7(5-3-6)11(8,9)10/h1-3,5-6H,8,10H2;2-5H,1H3,(H,8,9,10). The Labute approximate surface area is 125 Å². The Morgan fingerprint density at radius 2 is 1.62 bits per heavy atom. The smallest absolute Gasteiger partial charge is 0.136 e. The number of benzene rings is 2. The predicted molar refractivity (Wildman–Crippen MR) is 80.2 cm³/mol. The number of rotatable bonds is 1. The summed E-state index contributed by atoms with van der Waals surface area (Å²) < 4.78 is 31.2. The molecular formula is C16H17NO3S. The minimum Gasteiger partial charge on any atom is -0.744 e. The molecule has 2 rings (SSSR count). The first-order valence-electron chi connectivity index (χ1n) is 6.29. The molecule has 0 aliphatic carbocycles. The molecule has 0 saturated heterocycles. The number of aryl methyl sites for hydroxylation is 1. The van der Waals surface area contributed by atoms with E-state index >= 15 is 0 Å². The van der Waals surface area contributed by atoms with Gasteiger partial charge >= 0.3 is 0 Å². The maximum absolute atomic E-state index is 10.4. The van der Waals surface area contributed by atoms with Crippen molar-refractivity contribution < 1.29 is 18.7 Å². The van der Waals surface area contributed by atoms with Crippen LogP contribution in [0.2, 0.25) is 0 Å². The fourth-order valence-corrected chi connectivity index (χ4v) is 1.86. The van der Waals surface area contributed by atoms with Crippen LogP contribution in [0.1, 0.15) is 11.1 Å². The Bertz CT molecular complexity index is 712. The summed E-state index contributed by atoms with van der Waals surface area (Å²) in [5, 5.41) is 0. The highest BCUT2D eigenvalue weighted by atomic mass is 32.2. The van der Waals surface area contributed by atoms with Gasteiger partial charge in [0, 0.05) is 5.56 Å². The Morgan fingerprint density at radius 3 is 2.10 bits per heavy atom. The molecule has 4 nitrogen and oxygen atoms in total. The molecule has 0 unspecified atom stereocenters. The molecule has 0 aromatic heterocycles. The molecular weight excluding hydrogens is 286 g/mol. The van der Waals surface area contributed by atoms with Gasteiger partial charge in [0.05, 0.1) is 4.90 Å². The minimum atomic E-state index is -4.27. The fraction of sp³-hybridized carbons (Fsp3) is 0.125. The van der Waals surface area contributed by atoms with Gasteiger partial charge in [-0.3, -0.25) is 0 Å². The Kier molecular flexibility index (Phi) is 6.63. The lowest BCUT2D eigenvalue weighted by atomic mass is 10.2. The van der Waals surface area contributed by atoms with E-state index in [2.05, 4.69) is 17.6 Å². The van der Waals surface area contributed by atoms with Crippen LogP contribution >= 0.6 is 0 Å². The summed E-state index contributed by atoms with van der Waals surface area (Å²) in [5.41, 5.74) is 5.62. The van der Waals surface area contributed by atoms with Crippen molar-refractivity contribution in [3.8, 4) is 11.8 Å². The molecule has 2 aromatic rings. The average molecular weight is 303 g/mol. The van der Waals surface area contributed by atoms with Crippen LogP contribution in [-0.2, 0) is 10.1 Å². The highest BCUT2D eigenvalue weighted by Gasteiger charge is 1.97. The van der Waals surface area contributed by atoms with Crippen LogP contribution in [0.15, 0.2) is 59.5 Å². The van der Waals surface area contributed by atoms with Crippen molar-refractivity contribution in [1.29, 1.82) is 0 Å². The van der Waals surface area contributed by atoms with Gasteiger partial charge in [-0.15, -0.1) is 0 Å². The summed E-state index contributed by atoms with van der Waals surface area (Å²) in [6.07, 6.45) is 0. The first kappa shape index (κ1) is 16.9. The van der Waals surface area contributed by atoms with Crippen molar-refractivity contribution >= 4 is 10.1 Å². The van der Waals surface area contributed by atoms with Crippen molar-refractivity contribution in [1.82, 2.24) is 0 Å². The molecule has 3 N–H and O–H groups in total. The topological polar surface area (TPSA) is 84.8 Å². The van der Waals surface area contributed by atoms with Crippen LogP contribution in [0.4, 0.5) is 0 Å². The maximum atomic E-state index is 10.4. The molecule has 2 aromatic carbocycles. The molecule has 0 heterocycles. The zero-order valence-electron chi connectivity index (χ0n) is 11.7. The Balaban J connectivity index is 0.000000211. The average Bonchev–Trinajstić information content (AvgIpc) is 2.46. The van der Waals surface area contributed by atoms with E-state index < -0.39 is 10.1 Å². The normalized spacial score (nSPS) is 9.86. The first-order chi connectivity index (χ1) is 9.93. The van der Waals surface area contributed by atoms with Crippen molar-refractivity contribution in [3.63, 3.8) is 0 Å². The van der Waals surface area contributed by atoms with E-state index in [1.54, 1.807) is 12.1 Å². The second-order valence-electron chi connectivity index (χ2n) is 4.18. The van der Waals surface area contributed by atoms with Crippen molar-refractivity contribution in [2.24, 2.45) is 0 Å². The zero-order chi connectivity index (χ0) is 15.7. The largest absolute Gasteiger partial charge is 0.744 e. The van der Waals surface area contributed by atoms with Gasteiger partial charge in [0.2, 0.25) is 0 Å². The molecule has 0 aliphatic heterocycles. The van der Waals surface area contributed by atoms with E-state index in [0.29, 0.717) is 6.54 Å². The third-order valence-electron chi connectivity index (χ3n) is 2.44. The molecule has 0 bridgehead atoms. The minimum absolute atomic E-state index is 0.178. The van der Waals surface area contributed by atoms with Crippen LogP contribution in [0.5, 0.6) is 0 Å². The van der Waals surface area contributed by atoms with E-state index in [-0.39, 0.29) is 4.90 Å². The van der Waals surface area contributed by atoms with E-state index in [1.165, 1.54) is 12.1 Å². The quantitative estimate of drug-likeness (QED) is 0.634. The van der Waals surface area contributed by atoms with Gasteiger partial charge in [-0.2, -0.15) is 0 Å². The van der Waals surface area contributed by atoms with Gasteiger partial charge in [0.1, 0.15) is 16.7 Å². The van der Waals surface area contributed by atoms with Gasteiger partial charge in [0.25, 0.3) is 0 Å². The Morgan fingerprint density at radius 1 is 1.05 bits per heavy atom. The zero-order valence-corrected chi connectivity index (χ0v) is 12.6. The molecule has 0 spiro atoms. The summed E-state index contributed by atoms with van der Waals surface area (Å²) in [7, 11) is -4.27. The van der Waals surface area contributed by atoms with Gasteiger partial charge in [-0.05, 0) is 37.1 Å². The van der Waals surface area contributed by atoms with E-state index in [9.17, 15) is 13.0 Å². The molecule has 110 valence electrons. The second-order valence-corrected chi connectivity index (χ2v) is 5.56. The third kappa shape index (κ3) is 6.72. The summed E-state index contributed by atoms with van der Waals surface area (Å²) in [6, 6.07) is 15.7. The molecule has 0 amide bonds. The monoisotopic (exact) mass is 303 g/mol. The number of quaternary nitrogens is 1. The Hall–Kier alpha value is -2.13. The third-order valence-corrected chi connectivity index (χ3v) is 3.29. The molecule has 5 heteroatoms. The molecule has 0 radical (unpaired) electrons. The summed E-state index contributed by atoms with van der Waals surface area (Å²) in [6.45, 7) is 2.50. The van der Waals surface area contributed by atoms with Crippen molar-refractivity contribution in [2.45, 2.75) is 11.8 Å². The lowest BCUT2D eigenvalue weighted by Gasteiger charge is -2.05. The van der Waals surface area contributed by atoms with E-state index in [4.69, 9.17) is 0 Å². The maximum Gasteiger partial charge on any atom is 0.136 e. The lowest BCUT2D eigenvalue weighted by molar-refractivity contribution is -0.349. The highest BCUT2D eigenvalue weighted by Crippen LogP contribution is 2.08. The van der Waals surface area contributed by atoms with Crippen LogP contribution in [0, 0.1) is 18.8 Å². The van der Waals surface area contributed by atoms with Crippen LogP contribution in [-0.4, -0.2) is 19.5 Å². The second kappa shape index (κ2) is 8.22. The van der Waals surface area contributed by atoms with Gasteiger partial charge in [-0.1, -0.05) is 41.8 Å². The summed E-state index contributed by atoms with van der Waals surface area (Å²) in [5.74, 6) is 5.89. The SMILES string of the molecule is Cc1ccc(S(=O)(=O)[O-])cc1.[NH3+]CC#Cc1ccccc1. The first-order valence-corrected chi connectivity index (χ1v) is 7.70. The van der Waals surface area contributed by atoms with Gasteiger partial charge in [-0.25, -0.2) is 8.42 Å². The molecule has 0 saturated carbocycles. The van der Waals surface area contributed by atoms with Crippen molar-refractivity contribution in [3.05, 3.63) is 65.7 Å². The van der Waals surface area contributed by atoms with Crippen molar-refractivity contribution in [2.75, 3.05) is 6.54 Å². The lowest BCUT2D eigenvalue weighted by Crippen LogP contribution is -2.49. The molecule has 0 aliphatic rings. The fourth-order valence-electron chi connectivity index (χ4n) is 1.39. The summed E-state index contributed by atoms with van der Waals surface area (Å²) >= 11 is 0. The van der Waals surface area contributed by atoms with Crippen LogP contribution < -0.4 is 5.73 Å². The van der Waals surface area contributed by atoms with Gasteiger partial charge < -0.3 is 10.3 Å². The molecule has 0 fully saturated rings. The number of hydrogen-bond acceptors (Lipinski definition) is 3. The van der Waals surface area contributed by atoms with E-state index in [1.807, 2.05) is 37.3 Å². The molecule has 21 heavy (non-hydrogen) atoms.